The van der Waals surface area contributed by atoms with Crippen LogP contribution in [0, 0.1) is 17.6 Å². The standard InChI is InChI=1S/C33H31ClF2N8O/c1-44(2)23-11-9-18(13-23)31(45)43-32(37)40-21-5-3-6-22(15-21)41-33-39-17-19-16-38-30(28-26(35)7-4-8-27(28)36)25-14-20(34)10-12-24(25)29(19)42-33/h3-8,10,12,14-15,17-18,23H,9,11,13,16H2,1-2H3,(H,39,41,42)(H3,37,40,43,45)/p+1. The highest BCUT2D eigenvalue weighted by atomic mass is 35.5. The molecular weight excluding hydrogens is 598 g/mol. The van der Waals surface area contributed by atoms with E-state index in [9.17, 15) is 13.6 Å². The van der Waals surface area contributed by atoms with Crippen molar-refractivity contribution in [2.45, 2.75) is 31.8 Å². The molecule has 1 fully saturated rings. The Kier molecular flexibility index (Phi) is 8.66. The zero-order valence-electron chi connectivity index (χ0n) is 24.8. The molecule has 12 heteroatoms. The van der Waals surface area contributed by atoms with Gasteiger partial charge in [0.05, 0.1) is 29.2 Å². The van der Waals surface area contributed by atoms with Gasteiger partial charge >= 0.3 is 5.95 Å². The molecule has 0 saturated heterocycles. The molecule has 2 heterocycles. The molecule has 1 saturated carbocycles. The van der Waals surface area contributed by atoms with Gasteiger partial charge in [0.25, 0.3) is 0 Å². The summed E-state index contributed by atoms with van der Waals surface area (Å²) in [5.74, 6) is -1.20. The molecule has 4 aromatic rings. The third-order valence-electron chi connectivity index (χ3n) is 8.15. The molecule has 2 atom stereocenters. The second-order valence-electron chi connectivity index (χ2n) is 11.4. The number of nitrogens with two attached hydrogens (primary N) is 2. The fourth-order valence-electron chi connectivity index (χ4n) is 5.84. The Morgan fingerprint density at radius 1 is 1.07 bits per heavy atom. The summed E-state index contributed by atoms with van der Waals surface area (Å²) < 4.78 is 29.7. The molecule has 1 aliphatic carbocycles. The van der Waals surface area contributed by atoms with Gasteiger partial charge in [-0.05, 0) is 69.8 Å². The van der Waals surface area contributed by atoms with Crippen molar-refractivity contribution in [2.75, 3.05) is 14.1 Å². The van der Waals surface area contributed by atoms with E-state index in [2.05, 4.69) is 25.2 Å². The molecule has 6 rings (SSSR count). The average molecular weight is 630 g/mol. The van der Waals surface area contributed by atoms with Crippen molar-refractivity contribution in [3.05, 3.63) is 100 Å². The van der Waals surface area contributed by atoms with Crippen molar-refractivity contribution >= 4 is 46.5 Å². The summed E-state index contributed by atoms with van der Waals surface area (Å²) in [6.45, 7) is 0.122. The van der Waals surface area contributed by atoms with Crippen LogP contribution in [0.15, 0.2) is 76.8 Å². The minimum absolute atomic E-state index is 0.0316. The van der Waals surface area contributed by atoms with Crippen molar-refractivity contribution in [2.24, 2.45) is 21.6 Å². The molecule has 3 aromatic carbocycles. The molecule has 1 aliphatic heterocycles. The first-order valence-corrected chi connectivity index (χ1v) is 15.0. The molecule has 230 valence electrons. The maximum atomic E-state index is 14.9. The van der Waals surface area contributed by atoms with E-state index in [4.69, 9.17) is 22.3 Å². The van der Waals surface area contributed by atoms with Crippen molar-refractivity contribution in [3.8, 4) is 11.3 Å². The van der Waals surface area contributed by atoms with Crippen molar-refractivity contribution < 1.29 is 18.9 Å². The van der Waals surface area contributed by atoms with Gasteiger partial charge in [-0.25, -0.2) is 19.1 Å². The Hall–Kier alpha value is -4.58. The quantitative estimate of drug-likeness (QED) is 0.161. The molecule has 0 radical (unpaired) electrons. The largest absolute Gasteiger partial charge is 0.369 e. The van der Waals surface area contributed by atoms with E-state index in [1.807, 2.05) is 32.3 Å². The lowest BCUT2D eigenvalue weighted by molar-refractivity contribution is -0.487. The lowest BCUT2D eigenvalue weighted by atomic mass is 9.95. The van der Waals surface area contributed by atoms with Crippen molar-refractivity contribution in [1.29, 1.82) is 0 Å². The Morgan fingerprint density at radius 3 is 2.60 bits per heavy atom. The normalized spacial score (nSPS) is 17.8. The van der Waals surface area contributed by atoms with Gasteiger partial charge in [0.15, 0.2) is 0 Å². The summed E-state index contributed by atoms with van der Waals surface area (Å²) in [6, 6.07) is 16.5. The van der Waals surface area contributed by atoms with Crippen LogP contribution >= 0.6 is 11.6 Å². The minimum atomic E-state index is -0.718. The number of halogens is 3. The number of carbonyl (C=O) groups is 1. The highest BCUT2D eigenvalue weighted by molar-refractivity contribution is 6.31. The van der Waals surface area contributed by atoms with Crippen LogP contribution in [0.1, 0.15) is 36.0 Å². The predicted octanol–water partition coefficient (Wildman–Crippen LogP) is 4.75. The first-order valence-electron chi connectivity index (χ1n) is 14.6. The SMILES string of the molecule is CN(C)C1CCC(C(=O)NC(N)=Nc2cccc([NH2+]c3ncc4c(n3)-c3ccc(Cl)cc3C(c3c(F)cccc3F)=NC4)c2)C1. The number of aromatic nitrogens is 2. The second-order valence-corrected chi connectivity index (χ2v) is 11.8. The van der Waals surface area contributed by atoms with Crippen molar-refractivity contribution in [1.82, 2.24) is 20.2 Å². The molecule has 0 spiro atoms. The lowest BCUT2D eigenvalue weighted by Gasteiger charge is -2.18. The Balaban J connectivity index is 1.23. The molecule has 45 heavy (non-hydrogen) atoms. The number of nitrogens with zero attached hydrogens (tertiary/aromatic N) is 5. The summed E-state index contributed by atoms with van der Waals surface area (Å²) in [6.07, 6.45) is 4.25. The molecule has 5 N–H and O–H groups in total. The van der Waals surface area contributed by atoms with E-state index in [1.54, 1.807) is 35.8 Å². The summed E-state index contributed by atoms with van der Waals surface area (Å²) >= 11 is 6.33. The van der Waals surface area contributed by atoms with E-state index in [-0.39, 0.29) is 35.6 Å². The summed E-state index contributed by atoms with van der Waals surface area (Å²) in [7, 11) is 4.05. The number of guanidine groups is 1. The second kappa shape index (κ2) is 12.8. The fourth-order valence-corrected chi connectivity index (χ4v) is 6.01. The van der Waals surface area contributed by atoms with Crippen LogP contribution in [0.25, 0.3) is 11.3 Å². The first kappa shape index (κ1) is 30.4. The van der Waals surface area contributed by atoms with E-state index in [0.29, 0.717) is 45.1 Å². The predicted molar refractivity (Wildman–Crippen MR) is 170 cm³/mol. The van der Waals surface area contributed by atoms with Gasteiger partial charge in [0, 0.05) is 45.9 Å². The lowest BCUT2D eigenvalue weighted by Crippen LogP contribution is -2.72. The highest BCUT2D eigenvalue weighted by Gasteiger charge is 2.31. The molecular formula is C33H32ClF2N8O+. The summed E-state index contributed by atoms with van der Waals surface area (Å²) in [5.41, 5.74) is 9.73. The van der Waals surface area contributed by atoms with Gasteiger partial charge < -0.3 is 10.6 Å². The van der Waals surface area contributed by atoms with Crippen LogP contribution in [-0.4, -0.2) is 52.6 Å². The number of aliphatic imine (C=N–C) groups is 2. The summed E-state index contributed by atoms with van der Waals surface area (Å²) in [4.78, 5) is 33.2. The molecule has 1 amide bonds. The van der Waals surface area contributed by atoms with Crippen LogP contribution in [0.5, 0.6) is 0 Å². The zero-order valence-corrected chi connectivity index (χ0v) is 25.5. The number of carbonyl (C=O) groups excluding carboxylic acids is 1. The Morgan fingerprint density at radius 2 is 1.84 bits per heavy atom. The number of amides is 1. The number of fused-ring (bicyclic) bond motifs is 3. The number of quaternary nitrogens is 1. The molecule has 2 unspecified atom stereocenters. The van der Waals surface area contributed by atoms with E-state index in [0.717, 1.165) is 24.9 Å². The summed E-state index contributed by atoms with van der Waals surface area (Å²) in [5, 5.41) is 4.93. The number of nitrogens with one attached hydrogen (secondary N) is 1. The molecule has 0 bridgehead atoms. The topological polar surface area (TPSA) is 125 Å². The number of hydrogen-bond acceptors (Lipinski definition) is 6. The number of rotatable bonds is 6. The van der Waals surface area contributed by atoms with E-state index < -0.39 is 11.6 Å². The first-order chi connectivity index (χ1) is 21.7. The Bertz CT molecular complexity index is 1820. The van der Waals surface area contributed by atoms with Gasteiger partial charge in [-0.1, -0.05) is 29.8 Å². The van der Waals surface area contributed by atoms with Crippen LogP contribution in [-0.2, 0) is 11.3 Å². The third-order valence-corrected chi connectivity index (χ3v) is 8.39. The van der Waals surface area contributed by atoms with Crippen LogP contribution in [0.2, 0.25) is 5.02 Å². The van der Waals surface area contributed by atoms with Crippen LogP contribution < -0.4 is 16.4 Å². The number of hydrogen-bond donors (Lipinski definition) is 3. The minimum Gasteiger partial charge on any atom is -0.369 e. The monoisotopic (exact) mass is 629 g/mol. The van der Waals surface area contributed by atoms with E-state index in [1.165, 1.54) is 18.2 Å². The average Bonchev–Trinajstić information content (AvgIpc) is 3.45. The Labute approximate surface area is 264 Å². The maximum absolute atomic E-state index is 14.9. The van der Waals surface area contributed by atoms with Crippen LogP contribution in [0.4, 0.5) is 26.1 Å². The van der Waals surface area contributed by atoms with Gasteiger partial charge in [-0.3, -0.25) is 15.1 Å². The number of benzene rings is 3. The van der Waals surface area contributed by atoms with E-state index >= 15 is 0 Å². The van der Waals surface area contributed by atoms with Gasteiger partial charge in [-0.2, -0.15) is 9.97 Å². The fraction of sp³-hybridized carbons (Fsp3) is 0.242. The third kappa shape index (κ3) is 6.60. The molecule has 9 nitrogen and oxygen atoms in total. The van der Waals surface area contributed by atoms with Crippen molar-refractivity contribution in [3.63, 3.8) is 0 Å². The molecule has 1 aromatic heterocycles. The van der Waals surface area contributed by atoms with Gasteiger partial charge in [-0.15, -0.1) is 0 Å². The highest BCUT2D eigenvalue weighted by Crippen LogP contribution is 2.34. The maximum Gasteiger partial charge on any atom is 0.331 e. The smallest absolute Gasteiger partial charge is 0.331 e. The van der Waals surface area contributed by atoms with Crippen LogP contribution in [0.3, 0.4) is 0 Å². The molecule has 2 aliphatic rings. The zero-order chi connectivity index (χ0) is 31.7. The van der Waals surface area contributed by atoms with Gasteiger partial charge in [0.2, 0.25) is 11.9 Å². The van der Waals surface area contributed by atoms with Gasteiger partial charge in [0.1, 0.15) is 17.3 Å².